The number of rotatable bonds is 17. The first-order valence-electron chi connectivity index (χ1n) is 9.95. The molecule has 0 saturated carbocycles. The topological polar surface area (TPSA) is 124 Å². The zero-order chi connectivity index (χ0) is 23.0. The molecule has 0 bridgehead atoms. The van der Waals surface area contributed by atoms with Crippen molar-refractivity contribution in [1.82, 2.24) is 0 Å². The van der Waals surface area contributed by atoms with E-state index >= 15 is 0 Å². The maximum Gasteiger partial charge on any atom is 0.370 e. The summed E-state index contributed by atoms with van der Waals surface area (Å²) in [6.07, 6.45) is 0.107. The molecule has 0 aromatic carbocycles. The van der Waals surface area contributed by atoms with Gasteiger partial charge in [-0.1, -0.05) is 6.92 Å². The number of carbonyl (C=O) groups excluding carboxylic acids is 2. The van der Waals surface area contributed by atoms with Crippen LogP contribution >= 0.6 is 27.0 Å². The SMILES string of the molecule is CCOP(=O)(OCC)C(CCCC(=O)OCOC(=O)SCC)P(=O)(OCC)OCC. The Morgan fingerprint density at radius 3 is 1.67 bits per heavy atom. The summed E-state index contributed by atoms with van der Waals surface area (Å²) >= 11 is 0.958. The summed E-state index contributed by atoms with van der Waals surface area (Å²) in [4.78, 5) is 23.1. The second kappa shape index (κ2) is 16.3. The third-order valence-electron chi connectivity index (χ3n) is 3.47. The van der Waals surface area contributed by atoms with E-state index in [2.05, 4.69) is 0 Å². The van der Waals surface area contributed by atoms with Crippen LogP contribution in [0.25, 0.3) is 0 Å². The minimum Gasteiger partial charge on any atom is -0.428 e. The summed E-state index contributed by atoms with van der Waals surface area (Å²) in [6.45, 7) is 8.19. The monoisotopic (exact) mass is 492 g/mol. The fraction of sp³-hybridized carbons (Fsp3) is 0.882. The Hall–Kier alpha value is -0.410. The zero-order valence-corrected chi connectivity index (χ0v) is 20.9. The van der Waals surface area contributed by atoms with Crippen molar-refractivity contribution in [1.29, 1.82) is 0 Å². The smallest absolute Gasteiger partial charge is 0.370 e. The summed E-state index contributed by atoms with van der Waals surface area (Å²) < 4.78 is 57.7. The van der Waals surface area contributed by atoms with Crippen LogP contribution in [0.1, 0.15) is 53.9 Å². The molecule has 0 saturated heterocycles. The van der Waals surface area contributed by atoms with Crippen LogP contribution in [0.2, 0.25) is 0 Å². The lowest BCUT2D eigenvalue weighted by Gasteiger charge is -2.31. The van der Waals surface area contributed by atoms with E-state index in [1.165, 1.54) is 0 Å². The lowest BCUT2D eigenvalue weighted by Crippen LogP contribution is -2.18. The predicted molar refractivity (Wildman–Crippen MR) is 115 cm³/mol. The van der Waals surface area contributed by atoms with Crippen molar-refractivity contribution in [2.75, 3.05) is 39.0 Å². The lowest BCUT2D eigenvalue weighted by atomic mass is 10.2. The van der Waals surface area contributed by atoms with Crippen molar-refractivity contribution >= 4 is 38.2 Å². The number of hydrogen-bond donors (Lipinski definition) is 0. The molecule has 0 aliphatic carbocycles. The highest BCUT2D eigenvalue weighted by Crippen LogP contribution is 2.71. The highest BCUT2D eigenvalue weighted by Gasteiger charge is 2.50. The van der Waals surface area contributed by atoms with Gasteiger partial charge in [0.05, 0.1) is 26.4 Å². The van der Waals surface area contributed by atoms with Gasteiger partial charge in [-0.25, -0.2) is 4.79 Å². The van der Waals surface area contributed by atoms with E-state index < -0.39 is 38.7 Å². The second-order valence-electron chi connectivity index (χ2n) is 5.59. The minimum absolute atomic E-state index is 0.0229. The number of hydrogen-bond acceptors (Lipinski definition) is 11. The average molecular weight is 492 g/mol. The van der Waals surface area contributed by atoms with Crippen LogP contribution < -0.4 is 0 Å². The molecule has 0 fully saturated rings. The predicted octanol–water partition coefficient (Wildman–Crippen LogP) is 5.41. The molecular weight excluding hydrogens is 458 g/mol. The second-order valence-corrected chi connectivity index (χ2v) is 11.6. The minimum atomic E-state index is -3.85. The molecule has 0 aromatic rings. The van der Waals surface area contributed by atoms with Gasteiger partial charge >= 0.3 is 26.5 Å². The van der Waals surface area contributed by atoms with Crippen molar-refractivity contribution in [3.63, 3.8) is 0 Å². The standard InChI is InChI=1S/C17H34O10P2S/c1-6-24-28(20,25-7-2)16(29(21,26-8-3)27-9-4)13-11-12-15(18)22-14-23-17(19)30-10-5/h16H,6-14H2,1-5H3. The summed E-state index contributed by atoms with van der Waals surface area (Å²) in [7, 11) is -7.70. The van der Waals surface area contributed by atoms with Gasteiger partial charge in [-0.2, -0.15) is 0 Å². The van der Waals surface area contributed by atoms with Crippen LogP contribution in [0.5, 0.6) is 0 Å². The number of ether oxygens (including phenoxy) is 2. The van der Waals surface area contributed by atoms with Crippen molar-refractivity contribution in [2.24, 2.45) is 0 Å². The number of esters is 1. The molecule has 13 heteroatoms. The van der Waals surface area contributed by atoms with Crippen LogP contribution in [-0.2, 0) is 41.5 Å². The Bertz CT molecular complexity index is 551. The van der Waals surface area contributed by atoms with E-state index in [1.54, 1.807) is 34.6 Å². The molecule has 0 rings (SSSR count). The third kappa shape index (κ3) is 10.8. The molecular formula is C17H34O10P2S. The van der Waals surface area contributed by atoms with E-state index in [4.69, 9.17) is 27.6 Å². The largest absolute Gasteiger partial charge is 0.428 e. The molecule has 0 heterocycles. The van der Waals surface area contributed by atoms with E-state index in [0.29, 0.717) is 5.75 Å². The first-order chi connectivity index (χ1) is 14.2. The summed E-state index contributed by atoms with van der Waals surface area (Å²) in [5, 5.41) is -1.72. The Morgan fingerprint density at radius 2 is 1.27 bits per heavy atom. The lowest BCUT2D eigenvalue weighted by molar-refractivity contribution is -0.151. The van der Waals surface area contributed by atoms with E-state index in [9.17, 15) is 18.7 Å². The third-order valence-corrected chi connectivity index (χ3v) is 10.3. The van der Waals surface area contributed by atoms with Crippen molar-refractivity contribution in [3.05, 3.63) is 0 Å². The van der Waals surface area contributed by atoms with Crippen LogP contribution in [0.15, 0.2) is 0 Å². The molecule has 0 aromatic heterocycles. The number of thioether (sulfide) groups is 1. The Labute approximate surface area is 183 Å². The van der Waals surface area contributed by atoms with Crippen LogP contribution in [0.3, 0.4) is 0 Å². The maximum absolute atomic E-state index is 13.3. The molecule has 178 valence electrons. The van der Waals surface area contributed by atoms with Gasteiger partial charge in [-0.3, -0.25) is 13.9 Å². The first-order valence-corrected chi connectivity index (χ1v) is 14.2. The normalized spacial score (nSPS) is 12.2. The molecule has 0 atom stereocenters. The molecule has 0 amide bonds. The summed E-state index contributed by atoms with van der Waals surface area (Å²) in [5.41, 5.74) is 0. The fourth-order valence-electron chi connectivity index (χ4n) is 2.43. The first kappa shape index (κ1) is 29.6. The van der Waals surface area contributed by atoms with Gasteiger partial charge < -0.3 is 27.6 Å². The van der Waals surface area contributed by atoms with Gasteiger partial charge in [0, 0.05) is 12.2 Å². The van der Waals surface area contributed by atoms with Gasteiger partial charge in [0.1, 0.15) is 0 Å². The molecule has 10 nitrogen and oxygen atoms in total. The van der Waals surface area contributed by atoms with Gasteiger partial charge in [0.2, 0.25) is 6.79 Å². The Kier molecular flexibility index (Phi) is 16.0. The van der Waals surface area contributed by atoms with Gasteiger partial charge in [0.25, 0.3) is 0 Å². The zero-order valence-electron chi connectivity index (χ0n) is 18.3. The Morgan fingerprint density at radius 1 is 0.800 bits per heavy atom. The van der Waals surface area contributed by atoms with E-state index in [1.807, 2.05) is 0 Å². The fourth-order valence-corrected chi connectivity index (χ4v) is 8.26. The molecule has 0 N–H and O–H groups in total. The van der Waals surface area contributed by atoms with Gasteiger partial charge in [0.15, 0.2) is 5.40 Å². The molecule has 30 heavy (non-hydrogen) atoms. The van der Waals surface area contributed by atoms with Crippen LogP contribution in [-0.4, -0.2) is 55.6 Å². The molecule has 0 aliphatic rings. The van der Waals surface area contributed by atoms with Crippen molar-refractivity contribution in [2.45, 2.75) is 59.3 Å². The quantitative estimate of drug-likeness (QED) is 0.147. The van der Waals surface area contributed by atoms with E-state index in [0.717, 1.165) is 11.8 Å². The summed E-state index contributed by atoms with van der Waals surface area (Å²) in [6, 6.07) is 0. The number of carbonyl (C=O) groups is 2. The molecule has 0 spiro atoms. The summed E-state index contributed by atoms with van der Waals surface area (Å²) in [5.74, 6) is -0.0681. The van der Waals surface area contributed by atoms with Crippen molar-refractivity contribution < 1.29 is 46.3 Å². The molecule has 0 unspecified atom stereocenters. The Balaban J connectivity index is 5.14. The van der Waals surface area contributed by atoms with Crippen LogP contribution in [0.4, 0.5) is 4.79 Å². The highest BCUT2D eigenvalue weighted by atomic mass is 32.2. The van der Waals surface area contributed by atoms with Crippen molar-refractivity contribution in [3.8, 4) is 0 Å². The molecule has 0 radical (unpaired) electrons. The van der Waals surface area contributed by atoms with Gasteiger partial charge in [-0.05, 0) is 52.3 Å². The highest BCUT2D eigenvalue weighted by molar-refractivity contribution is 8.13. The van der Waals surface area contributed by atoms with Gasteiger partial charge in [-0.15, -0.1) is 0 Å². The van der Waals surface area contributed by atoms with Crippen LogP contribution in [0, 0.1) is 0 Å². The van der Waals surface area contributed by atoms with E-state index in [-0.39, 0.29) is 45.7 Å². The molecule has 0 aliphatic heterocycles. The maximum atomic E-state index is 13.3. The average Bonchev–Trinajstić information content (AvgIpc) is 2.66.